The first-order chi connectivity index (χ1) is 12.7. The van der Waals surface area contributed by atoms with Gasteiger partial charge in [0.05, 0.1) is 11.9 Å². The summed E-state index contributed by atoms with van der Waals surface area (Å²) in [4.78, 5) is 23.9. The van der Waals surface area contributed by atoms with Crippen molar-refractivity contribution in [2.75, 3.05) is 22.4 Å². The Labute approximate surface area is 160 Å². The molecule has 2 rings (SSSR count). The Morgan fingerprint density at radius 3 is 2.41 bits per heavy atom. The van der Waals surface area contributed by atoms with Crippen LogP contribution >= 0.6 is 0 Å². The van der Waals surface area contributed by atoms with Crippen LogP contribution in [0.5, 0.6) is 0 Å². The molecule has 0 heterocycles. The Hall–Kier alpha value is -2.67. The molecule has 1 amide bonds. The summed E-state index contributed by atoms with van der Waals surface area (Å²) in [5, 5.41) is 2.83. The van der Waals surface area contributed by atoms with Crippen molar-refractivity contribution in [3.63, 3.8) is 0 Å². The van der Waals surface area contributed by atoms with Gasteiger partial charge in [0.15, 0.2) is 5.78 Å². The first kappa shape index (κ1) is 20.6. The van der Waals surface area contributed by atoms with Gasteiger partial charge in [-0.25, -0.2) is 8.42 Å². The molecule has 0 radical (unpaired) electrons. The maximum Gasteiger partial charge on any atom is 0.232 e. The molecular weight excluding hydrogens is 364 g/mol. The molecule has 0 aliphatic heterocycles. The number of ketones is 1. The number of benzene rings is 2. The molecule has 0 bridgehead atoms. The SMILES string of the molecule is CCc1ccccc1NC(=O)CCN(c1cccc(C(C)=O)c1)S(C)(=O)=O. The molecule has 0 saturated carbocycles. The van der Waals surface area contributed by atoms with Crippen LogP contribution in [0.4, 0.5) is 11.4 Å². The van der Waals surface area contributed by atoms with Crippen molar-refractivity contribution in [2.45, 2.75) is 26.7 Å². The van der Waals surface area contributed by atoms with Gasteiger partial charge in [-0.1, -0.05) is 37.3 Å². The summed E-state index contributed by atoms with van der Waals surface area (Å²) >= 11 is 0. The van der Waals surface area contributed by atoms with Gasteiger partial charge in [-0.05, 0) is 37.1 Å². The number of para-hydroxylation sites is 1. The monoisotopic (exact) mass is 388 g/mol. The predicted molar refractivity (Wildman–Crippen MR) is 108 cm³/mol. The van der Waals surface area contributed by atoms with Gasteiger partial charge in [-0.15, -0.1) is 0 Å². The van der Waals surface area contributed by atoms with E-state index in [1.165, 1.54) is 13.0 Å². The number of nitrogens with zero attached hydrogens (tertiary/aromatic N) is 1. The number of hydrogen-bond acceptors (Lipinski definition) is 4. The summed E-state index contributed by atoms with van der Waals surface area (Å²) in [5.74, 6) is -0.425. The van der Waals surface area contributed by atoms with Crippen molar-refractivity contribution >= 4 is 33.1 Å². The second kappa shape index (κ2) is 8.81. The molecule has 0 atom stereocenters. The lowest BCUT2D eigenvalue weighted by Crippen LogP contribution is -2.33. The molecule has 0 aliphatic carbocycles. The number of rotatable bonds is 8. The zero-order valence-electron chi connectivity index (χ0n) is 15.7. The van der Waals surface area contributed by atoms with Crippen molar-refractivity contribution in [3.8, 4) is 0 Å². The lowest BCUT2D eigenvalue weighted by Gasteiger charge is -2.22. The Balaban J connectivity index is 2.15. The highest BCUT2D eigenvalue weighted by Crippen LogP contribution is 2.21. The second-order valence-electron chi connectivity index (χ2n) is 6.25. The fourth-order valence-electron chi connectivity index (χ4n) is 2.73. The molecule has 1 N–H and O–H groups in total. The highest BCUT2D eigenvalue weighted by atomic mass is 32.2. The summed E-state index contributed by atoms with van der Waals surface area (Å²) in [7, 11) is -3.60. The Kier molecular flexibility index (Phi) is 6.74. The largest absolute Gasteiger partial charge is 0.326 e. The van der Waals surface area contributed by atoms with Crippen molar-refractivity contribution in [1.82, 2.24) is 0 Å². The lowest BCUT2D eigenvalue weighted by molar-refractivity contribution is -0.116. The van der Waals surface area contributed by atoms with Gasteiger partial charge in [-0.2, -0.15) is 0 Å². The molecule has 6 nitrogen and oxygen atoms in total. The summed E-state index contributed by atoms with van der Waals surface area (Å²) in [6.45, 7) is 3.40. The first-order valence-corrected chi connectivity index (χ1v) is 10.5. The predicted octanol–water partition coefficient (Wildman–Crippen LogP) is 3.25. The van der Waals surface area contributed by atoms with Crippen LogP contribution in [0, 0.1) is 0 Å². The minimum absolute atomic E-state index is 0.00455. The smallest absolute Gasteiger partial charge is 0.232 e. The van der Waals surface area contributed by atoms with Crippen molar-refractivity contribution < 1.29 is 18.0 Å². The molecule has 0 aromatic heterocycles. The minimum atomic E-state index is -3.60. The molecule has 0 unspecified atom stereocenters. The van der Waals surface area contributed by atoms with Gasteiger partial charge in [0.1, 0.15) is 0 Å². The molecule has 2 aromatic carbocycles. The number of amides is 1. The summed E-state index contributed by atoms with van der Waals surface area (Å²) in [5.41, 5.74) is 2.53. The number of hydrogen-bond donors (Lipinski definition) is 1. The zero-order valence-corrected chi connectivity index (χ0v) is 16.5. The number of carbonyl (C=O) groups is 2. The van der Waals surface area contributed by atoms with E-state index in [2.05, 4.69) is 5.32 Å². The Bertz CT molecular complexity index is 939. The molecule has 2 aromatic rings. The van der Waals surface area contributed by atoms with Gasteiger partial charge >= 0.3 is 0 Å². The molecular formula is C20H24N2O4S. The minimum Gasteiger partial charge on any atom is -0.326 e. The maximum atomic E-state index is 12.3. The number of sulfonamides is 1. The quantitative estimate of drug-likeness (QED) is 0.704. The first-order valence-electron chi connectivity index (χ1n) is 8.69. The van der Waals surface area contributed by atoms with E-state index < -0.39 is 10.0 Å². The molecule has 144 valence electrons. The third-order valence-corrected chi connectivity index (χ3v) is 5.35. The van der Waals surface area contributed by atoms with Gasteiger partial charge in [0.25, 0.3) is 0 Å². The van der Waals surface area contributed by atoms with Gasteiger partial charge in [0.2, 0.25) is 15.9 Å². The van der Waals surface area contributed by atoms with E-state index in [0.29, 0.717) is 11.3 Å². The molecule has 27 heavy (non-hydrogen) atoms. The fourth-order valence-corrected chi connectivity index (χ4v) is 3.65. The highest BCUT2D eigenvalue weighted by molar-refractivity contribution is 7.92. The van der Waals surface area contributed by atoms with E-state index in [9.17, 15) is 18.0 Å². The Morgan fingerprint density at radius 1 is 1.07 bits per heavy atom. The maximum absolute atomic E-state index is 12.3. The van der Waals surface area contributed by atoms with Crippen molar-refractivity contribution in [1.29, 1.82) is 0 Å². The third-order valence-electron chi connectivity index (χ3n) is 4.16. The Morgan fingerprint density at radius 2 is 1.78 bits per heavy atom. The van der Waals surface area contributed by atoms with Crippen LogP contribution in [-0.2, 0) is 21.2 Å². The van der Waals surface area contributed by atoms with E-state index in [1.807, 2.05) is 31.2 Å². The number of nitrogens with one attached hydrogen (secondary N) is 1. The van der Waals surface area contributed by atoms with E-state index in [1.54, 1.807) is 18.2 Å². The highest BCUT2D eigenvalue weighted by Gasteiger charge is 2.19. The van der Waals surface area contributed by atoms with Crippen molar-refractivity contribution in [2.24, 2.45) is 0 Å². The van der Waals surface area contributed by atoms with E-state index in [0.717, 1.165) is 28.2 Å². The van der Waals surface area contributed by atoms with Crippen LogP contribution < -0.4 is 9.62 Å². The van der Waals surface area contributed by atoms with Gasteiger partial charge in [0, 0.05) is 24.2 Å². The lowest BCUT2D eigenvalue weighted by atomic mass is 10.1. The van der Waals surface area contributed by atoms with Crippen LogP contribution in [0.3, 0.4) is 0 Å². The molecule has 0 saturated heterocycles. The van der Waals surface area contributed by atoms with Crippen LogP contribution in [0.1, 0.15) is 36.2 Å². The summed E-state index contributed by atoms with van der Waals surface area (Å²) < 4.78 is 25.5. The van der Waals surface area contributed by atoms with Gasteiger partial charge < -0.3 is 5.32 Å². The topological polar surface area (TPSA) is 83.6 Å². The normalized spacial score (nSPS) is 11.1. The zero-order chi connectivity index (χ0) is 20.0. The van der Waals surface area contributed by atoms with Crippen LogP contribution in [0.2, 0.25) is 0 Å². The molecule has 0 spiro atoms. The molecule has 0 fully saturated rings. The summed E-state index contributed by atoms with van der Waals surface area (Å²) in [6, 6.07) is 13.9. The average Bonchev–Trinajstić information content (AvgIpc) is 2.61. The van der Waals surface area contributed by atoms with Crippen LogP contribution in [0.25, 0.3) is 0 Å². The fraction of sp³-hybridized carbons (Fsp3) is 0.300. The van der Waals surface area contributed by atoms with Crippen molar-refractivity contribution in [3.05, 3.63) is 59.7 Å². The number of Topliss-reactive ketones (excluding diaryl/α,β-unsaturated/α-hetero) is 1. The molecule has 7 heteroatoms. The third kappa shape index (κ3) is 5.65. The van der Waals surface area contributed by atoms with E-state index in [4.69, 9.17) is 0 Å². The number of carbonyl (C=O) groups excluding carboxylic acids is 2. The number of aryl methyl sites for hydroxylation is 1. The second-order valence-corrected chi connectivity index (χ2v) is 8.16. The van der Waals surface area contributed by atoms with Crippen LogP contribution in [-0.4, -0.2) is 32.9 Å². The van der Waals surface area contributed by atoms with Crippen LogP contribution in [0.15, 0.2) is 48.5 Å². The average molecular weight is 388 g/mol. The standard InChI is InChI=1S/C20H24N2O4S/c1-4-16-8-5-6-11-19(16)21-20(24)12-13-22(27(3,25)26)18-10-7-9-17(14-18)15(2)23/h5-11,14H,4,12-13H2,1-3H3,(H,21,24). The summed E-state index contributed by atoms with van der Waals surface area (Å²) in [6.07, 6.45) is 1.86. The van der Waals surface area contributed by atoms with E-state index >= 15 is 0 Å². The number of anilines is 2. The van der Waals surface area contributed by atoms with E-state index in [-0.39, 0.29) is 24.7 Å². The molecule has 0 aliphatic rings. The van der Waals surface area contributed by atoms with Gasteiger partial charge in [-0.3, -0.25) is 13.9 Å².